The molecule has 5 heteroatoms. The monoisotopic (exact) mass is 298 g/mol. The van der Waals surface area contributed by atoms with Crippen LogP contribution in [0.25, 0.3) is 0 Å². The van der Waals surface area contributed by atoms with Gasteiger partial charge in [0, 0.05) is 12.6 Å². The molecule has 5 nitrogen and oxygen atoms in total. The van der Waals surface area contributed by atoms with Crippen LogP contribution in [0.5, 0.6) is 0 Å². The Kier molecular flexibility index (Phi) is 3.79. The number of rotatable bonds is 3. The van der Waals surface area contributed by atoms with Crippen LogP contribution in [-0.2, 0) is 14.4 Å². The van der Waals surface area contributed by atoms with E-state index in [0.717, 1.165) is 0 Å². The molecule has 0 radical (unpaired) electrons. The van der Waals surface area contributed by atoms with Crippen LogP contribution in [0, 0.1) is 11.8 Å². The summed E-state index contributed by atoms with van der Waals surface area (Å²) in [5.74, 6) is -1.05. The maximum Gasteiger partial charge on any atom is 0.234 e. The van der Waals surface area contributed by atoms with Crippen LogP contribution < -0.4 is 4.90 Å². The Morgan fingerprint density at radius 3 is 2.14 bits per heavy atom. The third kappa shape index (κ3) is 2.43. The fourth-order valence-corrected chi connectivity index (χ4v) is 3.12. The predicted octanol–water partition coefficient (Wildman–Crippen LogP) is 1.95. The zero-order valence-electron chi connectivity index (χ0n) is 12.4. The molecule has 1 aliphatic heterocycles. The summed E-state index contributed by atoms with van der Waals surface area (Å²) < 4.78 is 0. The van der Waals surface area contributed by atoms with Gasteiger partial charge >= 0.3 is 0 Å². The summed E-state index contributed by atoms with van der Waals surface area (Å²) in [6, 6.07) is 9.08. The minimum Gasteiger partial charge on any atom is -0.294 e. The van der Waals surface area contributed by atoms with E-state index in [1.807, 2.05) is 30.4 Å². The van der Waals surface area contributed by atoms with Crippen molar-refractivity contribution in [2.24, 2.45) is 11.8 Å². The molecule has 1 aromatic rings. The van der Waals surface area contributed by atoms with Crippen LogP contribution in [0.15, 0.2) is 42.5 Å². The number of hydrogen-bond donors (Lipinski definition) is 0. The first-order chi connectivity index (χ1) is 10.6. The van der Waals surface area contributed by atoms with Gasteiger partial charge in [-0.3, -0.25) is 24.2 Å². The summed E-state index contributed by atoms with van der Waals surface area (Å²) in [5, 5.41) is 0. The van der Waals surface area contributed by atoms with Crippen molar-refractivity contribution < 1.29 is 14.4 Å². The summed E-state index contributed by atoms with van der Waals surface area (Å²) in [6.45, 7) is 1.43. The summed E-state index contributed by atoms with van der Waals surface area (Å²) in [5.41, 5.74) is 0.684. The maximum absolute atomic E-state index is 12.5. The van der Waals surface area contributed by atoms with Gasteiger partial charge in [-0.1, -0.05) is 30.4 Å². The van der Waals surface area contributed by atoms with Gasteiger partial charge < -0.3 is 0 Å². The predicted molar refractivity (Wildman–Crippen MR) is 81.7 cm³/mol. The van der Waals surface area contributed by atoms with E-state index in [0.29, 0.717) is 18.5 Å². The number of allylic oxidation sites excluding steroid dienone is 2. The molecule has 0 unspecified atom stereocenters. The van der Waals surface area contributed by atoms with Crippen LogP contribution in [-0.4, -0.2) is 29.3 Å². The quantitative estimate of drug-likeness (QED) is 0.633. The number of para-hydroxylation sites is 1. The van der Waals surface area contributed by atoms with E-state index < -0.39 is 0 Å². The van der Waals surface area contributed by atoms with Crippen LogP contribution >= 0.6 is 0 Å². The van der Waals surface area contributed by atoms with Gasteiger partial charge in [0.2, 0.25) is 17.7 Å². The molecule has 0 bridgehead atoms. The zero-order valence-corrected chi connectivity index (χ0v) is 12.4. The topological polar surface area (TPSA) is 57.7 Å². The first kappa shape index (κ1) is 14.5. The smallest absolute Gasteiger partial charge is 0.234 e. The van der Waals surface area contributed by atoms with Crippen LogP contribution in [0.2, 0.25) is 0 Å². The Hall–Kier alpha value is -2.43. The van der Waals surface area contributed by atoms with Gasteiger partial charge in [-0.25, -0.2) is 0 Å². The molecule has 114 valence electrons. The van der Waals surface area contributed by atoms with Crippen molar-refractivity contribution in [1.82, 2.24) is 4.90 Å². The fourth-order valence-electron chi connectivity index (χ4n) is 3.12. The number of carbonyl (C=O) groups is 3. The van der Waals surface area contributed by atoms with E-state index >= 15 is 0 Å². The highest BCUT2D eigenvalue weighted by Gasteiger charge is 2.47. The van der Waals surface area contributed by atoms with Crippen LogP contribution in [0.3, 0.4) is 0 Å². The molecule has 3 rings (SSSR count). The summed E-state index contributed by atoms with van der Waals surface area (Å²) >= 11 is 0. The highest BCUT2D eigenvalue weighted by Crippen LogP contribution is 2.35. The average molecular weight is 298 g/mol. The standard InChI is InChI=1S/C17H18N2O3/c1-12(20)18(13-7-3-2-4-8-13)11-19-16(21)14-9-5-6-10-15(14)17(19)22/h2-8,14-15H,9-11H2,1H3/t14-,15+. The summed E-state index contributed by atoms with van der Waals surface area (Å²) in [7, 11) is 0. The van der Waals surface area contributed by atoms with E-state index in [1.54, 1.807) is 12.1 Å². The lowest BCUT2D eigenvalue weighted by atomic mass is 9.85. The number of hydrogen-bond acceptors (Lipinski definition) is 3. The van der Waals surface area contributed by atoms with Crippen molar-refractivity contribution in [2.75, 3.05) is 11.6 Å². The Labute approximate surface area is 129 Å². The van der Waals surface area contributed by atoms with Gasteiger partial charge in [-0.2, -0.15) is 0 Å². The highest BCUT2D eigenvalue weighted by molar-refractivity contribution is 6.06. The third-order valence-corrected chi connectivity index (χ3v) is 4.33. The fraction of sp³-hybridized carbons (Fsp3) is 0.353. The number of benzene rings is 1. The van der Waals surface area contributed by atoms with Crippen molar-refractivity contribution >= 4 is 23.4 Å². The van der Waals surface area contributed by atoms with Crippen LogP contribution in [0.1, 0.15) is 19.8 Å². The largest absolute Gasteiger partial charge is 0.294 e. The average Bonchev–Trinajstić information content (AvgIpc) is 2.78. The normalized spacial score (nSPS) is 23.6. The molecule has 22 heavy (non-hydrogen) atoms. The Morgan fingerprint density at radius 1 is 1.09 bits per heavy atom. The number of anilines is 1. The van der Waals surface area contributed by atoms with Crippen molar-refractivity contribution in [2.45, 2.75) is 19.8 Å². The molecule has 2 atom stereocenters. The molecular weight excluding hydrogens is 280 g/mol. The van der Waals surface area contributed by atoms with Gasteiger partial charge in [0.1, 0.15) is 6.67 Å². The number of amides is 3. The van der Waals surface area contributed by atoms with Crippen molar-refractivity contribution in [3.8, 4) is 0 Å². The molecule has 0 N–H and O–H groups in total. The number of fused-ring (bicyclic) bond motifs is 1. The van der Waals surface area contributed by atoms with Gasteiger partial charge in [0.15, 0.2) is 0 Å². The second-order valence-electron chi connectivity index (χ2n) is 5.68. The van der Waals surface area contributed by atoms with Crippen LogP contribution in [0.4, 0.5) is 5.69 Å². The van der Waals surface area contributed by atoms with Crippen molar-refractivity contribution in [3.05, 3.63) is 42.5 Å². The number of imide groups is 1. The molecule has 1 aliphatic carbocycles. The van der Waals surface area contributed by atoms with E-state index in [2.05, 4.69) is 0 Å². The second-order valence-corrected chi connectivity index (χ2v) is 5.68. The van der Waals surface area contributed by atoms with E-state index in [-0.39, 0.29) is 36.2 Å². The van der Waals surface area contributed by atoms with E-state index in [1.165, 1.54) is 16.7 Å². The molecule has 1 heterocycles. The van der Waals surface area contributed by atoms with E-state index in [4.69, 9.17) is 0 Å². The lowest BCUT2D eigenvalue weighted by Gasteiger charge is -2.26. The molecule has 0 saturated carbocycles. The Morgan fingerprint density at radius 2 is 1.64 bits per heavy atom. The Bertz CT molecular complexity index is 613. The number of likely N-dealkylation sites (tertiary alicyclic amines) is 1. The van der Waals surface area contributed by atoms with Gasteiger partial charge in [-0.15, -0.1) is 0 Å². The van der Waals surface area contributed by atoms with Crippen molar-refractivity contribution in [3.63, 3.8) is 0 Å². The molecule has 0 spiro atoms. The molecule has 1 saturated heterocycles. The maximum atomic E-state index is 12.5. The minimum atomic E-state index is -0.262. The number of nitrogens with zero attached hydrogens (tertiary/aromatic N) is 2. The molecule has 1 aromatic carbocycles. The second kappa shape index (κ2) is 5.75. The van der Waals surface area contributed by atoms with E-state index in [9.17, 15) is 14.4 Å². The SMILES string of the molecule is CC(=O)N(CN1C(=O)[C@H]2CC=CC[C@H]2C1=O)c1ccccc1. The first-order valence-electron chi connectivity index (χ1n) is 7.43. The molecule has 0 aromatic heterocycles. The molecule has 2 aliphatic rings. The van der Waals surface area contributed by atoms with Gasteiger partial charge in [0.25, 0.3) is 0 Å². The van der Waals surface area contributed by atoms with Gasteiger partial charge in [0.05, 0.1) is 11.8 Å². The van der Waals surface area contributed by atoms with Gasteiger partial charge in [-0.05, 0) is 25.0 Å². The summed E-state index contributed by atoms with van der Waals surface area (Å²) in [4.78, 5) is 39.6. The molecule has 3 amide bonds. The lowest BCUT2D eigenvalue weighted by molar-refractivity contribution is -0.140. The summed E-state index contributed by atoms with van der Waals surface area (Å²) in [6.07, 6.45) is 5.12. The lowest BCUT2D eigenvalue weighted by Crippen LogP contribution is -2.44. The van der Waals surface area contributed by atoms with Crippen molar-refractivity contribution in [1.29, 1.82) is 0 Å². The number of carbonyl (C=O) groups excluding carboxylic acids is 3. The third-order valence-electron chi connectivity index (χ3n) is 4.33. The minimum absolute atomic E-state index is 0.00991. The highest BCUT2D eigenvalue weighted by atomic mass is 16.2. The molecular formula is C17H18N2O3. The molecule has 1 fully saturated rings. The zero-order chi connectivity index (χ0) is 15.7. The Balaban J connectivity index is 1.83. The first-order valence-corrected chi connectivity index (χ1v) is 7.43.